The summed E-state index contributed by atoms with van der Waals surface area (Å²) >= 11 is 0. The molecule has 2 heterocycles. The molecule has 0 amide bonds. The molecule has 0 saturated heterocycles. The summed E-state index contributed by atoms with van der Waals surface area (Å²) in [6, 6.07) is 5.93. The van der Waals surface area contributed by atoms with Gasteiger partial charge in [-0.15, -0.1) is 24.0 Å². The van der Waals surface area contributed by atoms with Crippen LogP contribution in [-0.4, -0.2) is 11.2 Å². The van der Waals surface area contributed by atoms with Gasteiger partial charge in [-0.1, -0.05) is 19.9 Å². The van der Waals surface area contributed by atoms with Crippen LogP contribution < -0.4 is 10.2 Å². The molecular formula is C15H20INO2. The molecule has 0 aliphatic carbocycles. The van der Waals surface area contributed by atoms with Crippen molar-refractivity contribution in [2.75, 3.05) is 6.61 Å². The van der Waals surface area contributed by atoms with Crippen LogP contribution >= 0.6 is 24.0 Å². The Labute approximate surface area is 130 Å². The molecule has 1 aromatic carbocycles. The van der Waals surface area contributed by atoms with Gasteiger partial charge < -0.3 is 9.30 Å². The fraction of sp³-hybridized carbons (Fsp3) is 0.400. The first kappa shape index (κ1) is 16.0. The van der Waals surface area contributed by atoms with Gasteiger partial charge in [-0.3, -0.25) is 4.79 Å². The van der Waals surface area contributed by atoms with Crippen LogP contribution in [0.25, 0.3) is 10.9 Å². The predicted octanol–water partition coefficient (Wildman–Crippen LogP) is 3.91. The first-order chi connectivity index (χ1) is 8.68. The highest BCUT2D eigenvalue weighted by molar-refractivity contribution is 14.0. The first-order valence-electron chi connectivity index (χ1n) is 6.46. The summed E-state index contributed by atoms with van der Waals surface area (Å²) in [5.41, 5.74) is 1.82. The molecule has 1 unspecified atom stereocenters. The van der Waals surface area contributed by atoms with Crippen molar-refractivity contribution < 1.29 is 4.74 Å². The molecule has 19 heavy (non-hydrogen) atoms. The fourth-order valence-electron chi connectivity index (χ4n) is 2.27. The summed E-state index contributed by atoms with van der Waals surface area (Å²) in [6.07, 6.45) is 1.93. The zero-order valence-corrected chi connectivity index (χ0v) is 14.1. The molecule has 0 spiro atoms. The van der Waals surface area contributed by atoms with E-state index in [-0.39, 0.29) is 35.4 Å². The van der Waals surface area contributed by atoms with Gasteiger partial charge in [0.2, 0.25) is 0 Å². The van der Waals surface area contributed by atoms with Crippen molar-refractivity contribution in [1.29, 1.82) is 0 Å². The monoisotopic (exact) mass is 373 g/mol. The predicted molar refractivity (Wildman–Crippen MR) is 89.9 cm³/mol. The summed E-state index contributed by atoms with van der Waals surface area (Å²) in [7, 11) is 0. The molecule has 2 aromatic rings. The maximum atomic E-state index is 12.0. The number of ether oxygens (including phenoxy) is 1. The third kappa shape index (κ3) is 2.63. The van der Waals surface area contributed by atoms with Crippen LogP contribution in [0.3, 0.4) is 0 Å². The average Bonchev–Trinajstić information content (AvgIpc) is 2.41. The third-order valence-electron chi connectivity index (χ3n) is 3.15. The lowest BCUT2D eigenvalue weighted by Crippen LogP contribution is -2.23. The second-order valence-corrected chi connectivity index (χ2v) is 4.36. The van der Waals surface area contributed by atoms with Gasteiger partial charge >= 0.3 is 0 Å². The Balaban J connectivity index is 0.000000576. The van der Waals surface area contributed by atoms with E-state index in [0.29, 0.717) is 6.61 Å². The van der Waals surface area contributed by atoms with Crippen LogP contribution in [0.5, 0.6) is 5.75 Å². The smallest absolute Gasteiger partial charge is 0.192 e. The van der Waals surface area contributed by atoms with Crippen molar-refractivity contribution in [3.8, 4) is 5.75 Å². The Bertz CT molecular complexity index is 634. The lowest BCUT2D eigenvalue weighted by Gasteiger charge is -2.26. The van der Waals surface area contributed by atoms with E-state index in [1.54, 1.807) is 0 Å². The van der Waals surface area contributed by atoms with Crippen molar-refractivity contribution in [2.45, 2.75) is 33.7 Å². The van der Waals surface area contributed by atoms with Gasteiger partial charge in [-0.05, 0) is 26.0 Å². The van der Waals surface area contributed by atoms with Crippen molar-refractivity contribution >= 4 is 34.9 Å². The molecule has 0 bridgehead atoms. The first-order valence-corrected chi connectivity index (χ1v) is 6.46. The molecule has 3 rings (SSSR count). The van der Waals surface area contributed by atoms with Crippen molar-refractivity contribution in [3.05, 3.63) is 40.2 Å². The Morgan fingerprint density at radius 3 is 2.68 bits per heavy atom. The lowest BCUT2D eigenvalue weighted by atomic mass is 10.1. The molecule has 3 nitrogen and oxygen atoms in total. The van der Waals surface area contributed by atoms with E-state index in [4.69, 9.17) is 4.74 Å². The number of hydrogen-bond acceptors (Lipinski definition) is 2. The van der Waals surface area contributed by atoms with Gasteiger partial charge in [0.1, 0.15) is 12.4 Å². The van der Waals surface area contributed by atoms with Gasteiger partial charge in [0.25, 0.3) is 0 Å². The number of halogens is 1. The molecule has 1 aliphatic rings. The summed E-state index contributed by atoms with van der Waals surface area (Å²) < 4.78 is 7.79. The van der Waals surface area contributed by atoms with E-state index in [9.17, 15) is 4.79 Å². The van der Waals surface area contributed by atoms with Crippen LogP contribution in [0, 0.1) is 6.92 Å². The number of aromatic nitrogens is 1. The van der Waals surface area contributed by atoms with Gasteiger partial charge in [-0.25, -0.2) is 0 Å². The molecule has 1 aromatic heterocycles. The van der Waals surface area contributed by atoms with E-state index in [0.717, 1.165) is 22.2 Å². The largest absolute Gasteiger partial charge is 0.489 e. The Morgan fingerprint density at radius 2 is 2.00 bits per heavy atom. The van der Waals surface area contributed by atoms with Crippen molar-refractivity contribution in [3.63, 3.8) is 0 Å². The van der Waals surface area contributed by atoms with Crippen LogP contribution in [0.15, 0.2) is 29.2 Å². The number of nitrogens with zero attached hydrogens (tertiary/aromatic N) is 1. The van der Waals surface area contributed by atoms with Crippen LogP contribution in [0.2, 0.25) is 0 Å². The lowest BCUT2D eigenvalue weighted by molar-refractivity contribution is 0.247. The van der Waals surface area contributed by atoms with Gasteiger partial charge in [-0.2, -0.15) is 0 Å². The van der Waals surface area contributed by atoms with Crippen molar-refractivity contribution in [2.24, 2.45) is 0 Å². The fourth-order valence-corrected chi connectivity index (χ4v) is 2.27. The number of benzene rings is 1. The zero-order chi connectivity index (χ0) is 13.3. The van der Waals surface area contributed by atoms with Crippen molar-refractivity contribution in [1.82, 2.24) is 4.57 Å². The number of hydrogen-bond donors (Lipinski definition) is 0. The summed E-state index contributed by atoms with van der Waals surface area (Å²) in [5, 5.41) is 0.754. The summed E-state index contributed by atoms with van der Waals surface area (Å²) in [4.78, 5) is 12.0. The van der Waals surface area contributed by atoms with E-state index in [1.807, 2.05) is 45.2 Å². The highest BCUT2D eigenvalue weighted by Crippen LogP contribution is 2.30. The zero-order valence-electron chi connectivity index (χ0n) is 11.8. The van der Waals surface area contributed by atoms with E-state index < -0.39 is 0 Å². The SMILES string of the molecule is CC.Cc1cn2c3c(cccc3c1=O)OCC2C.I. The Hall–Kier alpha value is -1.04. The molecule has 1 atom stereocenters. The molecule has 0 saturated carbocycles. The van der Waals surface area contributed by atoms with Crippen LogP contribution in [0.1, 0.15) is 32.4 Å². The normalized spacial score (nSPS) is 15.9. The maximum Gasteiger partial charge on any atom is 0.192 e. The topological polar surface area (TPSA) is 31.2 Å². The molecule has 1 aliphatic heterocycles. The third-order valence-corrected chi connectivity index (χ3v) is 3.15. The van der Waals surface area contributed by atoms with Gasteiger partial charge in [0, 0.05) is 17.1 Å². The minimum absolute atomic E-state index is 0. The minimum Gasteiger partial charge on any atom is -0.489 e. The number of pyridine rings is 1. The second kappa shape index (κ2) is 6.41. The highest BCUT2D eigenvalue weighted by Gasteiger charge is 2.19. The maximum absolute atomic E-state index is 12.0. The molecule has 0 fully saturated rings. The quantitative estimate of drug-likeness (QED) is 0.656. The molecule has 0 N–H and O–H groups in total. The molecule has 0 radical (unpaired) electrons. The number of aryl methyl sites for hydroxylation is 1. The standard InChI is InChI=1S/C13H13NO2.C2H6.HI/c1-8-6-14-9(2)7-16-11-5-3-4-10(12(11)14)13(8)15;1-2;/h3-6,9H,7H2,1-2H3;1-2H3;1H. The van der Waals surface area contributed by atoms with Gasteiger partial charge in [0.05, 0.1) is 11.6 Å². The molecule has 4 heteroatoms. The number of rotatable bonds is 0. The number of para-hydroxylation sites is 1. The van der Waals surface area contributed by atoms with E-state index in [2.05, 4.69) is 11.5 Å². The minimum atomic E-state index is 0. The highest BCUT2D eigenvalue weighted by atomic mass is 127. The van der Waals surface area contributed by atoms with E-state index >= 15 is 0 Å². The Kier molecular flexibility index (Phi) is 5.40. The summed E-state index contributed by atoms with van der Waals surface area (Å²) in [6.45, 7) is 8.62. The van der Waals surface area contributed by atoms with Gasteiger partial charge in [0.15, 0.2) is 5.43 Å². The Morgan fingerprint density at radius 1 is 1.32 bits per heavy atom. The molecular weight excluding hydrogens is 353 g/mol. The summed E-state index contributed by atoms with van der Waals surface area (Å²) in [5.74, 6) is 0.813. The average molecular weight is 373 g/mol. The molecule has 104 valence electrons. The van der Waals surface area contributed by atoms with Crippen LogP contribution in [0.4, 0.5) is 0 Å². The van der Waals surface area contributed by atoms with Crippen LogP contribution in [-0.2, 0) is 0 Å². The second-order valence-electron chi connectivity index (χ2n) is 4.36. The van der Waals surface area contributed by atoms with E-state index in [1.165, 1.54) is 0 Å².